The summed E-state index contributed by atoms with van der Waals surface area (Å²) < 4.78 is 40.0. The highest BCUT2D eigenvalue weighted by Crippen LogP contribution is 2.33. The molecule has 0 saturated heterocycles. The molecule has 0 aliphatic heterocycles. The lowest BCUT2D eigenvalue weighted by Crippen LogP contribution is -2.52. The van der Waals surface area contributed by atoms with Gasteiger partial charge in [0.15, 0.2) is 11.5 Å². The van der Waals surface area contributed by atoms with Crippen LogP contribution >= 0.6 is 23.2 Å². The smallest absolute Gasteiger partial charge is 0.264 e. The summed E-state index contributed by atoms with van der Waals surface area (Å²) in [5.41, 5.74) is 1.75. The van der Waals surface area contributed by atoms with E-state index < -0.39 is 28.5 Å². The average Bonchev–Trinajstić information content (AvgIpc) is 2.99. The Hall–Kier alpha value is -3.47. The summed E-state index contributed by atoms with van der Waals surface area (Å²) in [5, 5.41) is 3.65. The average molecular weight is 665 g/mol. The van der Waals surface area contributed by atoms with Gasteiger partial charge in [-0.05, 0) is 61.2 Å². The molecule has 0 aliphatic carbocycles. The number of halogens is 2. The fourth-order valence-electron chi connectivity index (χ4n) is 4.52. The molecule has 1 N–H and O–H groups in total. The van der Waals surface area contributed by atoms with Crippen LogP contribution < -0.4 is 19.1 Å². The maximum atomic E-state index is 14.2. The second kappa shape index (κ2) is 15.5. The van der Waals surface area contributed by atoms with E-state index in [0.29, 0.717) is 27.9 Å². The van der Waals surface area contributed by atoms with Crippen LogP contribution in [0.25, 0.3) is 0 Å². The van der Waals surface area contributed by atoms with E-state index >= 15 is 0 Å². The van der Waals surface area contributed by atoms with Crippen LogP contribution in [0.3, 0.4) is 0 Å². The lowest BCUT2D eigenvalue weighted by Gasteiger charge is -2.33. The van der Waals surface area contributed by atoms with Gasteiger partial charge in [0.1, 0.15) is 12.6 Å². The van der Waals surface area contributed by atoms with Crippen molar-refractivity contribution in [1.29, 1.82) is 0 Å². The van der Waals surface area contributed by atoms with Crippen molar-refractivity contribution in [2.75, 3.05) is 31.6 Å². The fraction of sp³-hybridized carbons (Fsp3) is 0.375. The van der Waals surface area contributed by atoms with Gasteiger partial charge in [-0.3, -0.25) is 13.9 Å². The summed E-state index contributed by atoms with van der Waals surface area (Å²) in [4.78, 5) is 28.9. The van der Waals surface area contributed by atoms with Crippen LogP contribution in [0.2, 0.25) is 10.0 Å². The normalized spacial score (nSPS) is 12.0. The molecule has 3 aromatic carbocycles. The van der Waals surface area contributed by atoms with E-state index in [2.05, 4.69) is 5.32 Å². The third kappa shape index (κ3) is 8.58. The monoisotopic (exact) mass is 663 g/mol. The molecular formula is C32H39Cl2N3O6S. The van der Waals surface area contributed by atoms with Crippen LogP contribution in [-0.4, -0.2) is 58.5 Å². The second-order valence-electron chi connectivity index (χ2n) is 10.7. The van der Waals surface area contributed by atoms with Crippen molar-refractivity contribution >= 4 is 50.7 Å². The molecule has 0 heterocycles. The first-order valence-electron chi connectivity index (χ1n) is 14.1. The molecule has 238 valence electrons. The summed E-state index contributed by atoms with van der Waals surface area (Å²) in [6.07, 6.45) is 0.286. The van der Waals surface area contributed by atoms with Gasteiger partial charge in [-0.25, -0.2) is 8.42 Å². The van der Waals surface area contributed by atoms with Crippen molar-refractivity contribution < 1.29 is 27.5 Å². The van der Waals surface area contributed by atoms with Gasteiger partial charge in [0, 0.05) is 29.2 Å². The highest BCUT2D eigenvalue weighted by atomic mass is 35.5. The van der Waals surface area contributed by atoms with E-state index in [1.54, 1.807) is 49.4 Å². The lowest BCUT2D eigenvalue weighted by molar-refractivity contribution is -0.140. The number of carbonyl (C=O) groups excluding carboxylic acids is 2. The molecule has 0 bridgehead atoms. The fourth-order valence-corrected chi connectivity index (χ4v) is 6.42. The van der Waals surface area contributed by atoms with E-state index in [9.17, 15) is 18.0 Å². The third-order valence-corrected chi connectivity index (χ3v) is 9.33. The highest BCUT2D eigenvalue weighted by molar-refractivity contribution is 7.92. The van der Waals surface area contributed by atoms with Crippen molar-refractivity contribution in [3.63, 3.8) is 0 Å². The van der Waals surface area contributed by atoms with Crippen LogP contribution in [0, 0.1) is 12.8 Å². The third-order valence-electron chi connectivity index (χ3n) is 6.97. The number of nitrogens with one attached hydrogen (secondary N) is 1. The Kier molecular flexibility index (Phi) is 12.3. The minimum absolute atomic E-state index is 0.0411. The van der Waals surface area contributed by atoms with Crippen molar-refractivity contribution in [3.8, 4) is 11.5 Å². The number of anilines is 1. The number of amides is 2. The van der Waals surface area contributed by atoms with Crippen LogP contribution in [0.4, 0.5) is 5.69 Å². The second-order valence-corrected chi connectivity index (χ2v) is 13.4. The number of rotatable bonds is 14. The zero-order chi connectivity index (χ0) is 32.6. The van der Waals surface area contributed by atoms with Gasteiger partial charge < -0.3 is 19.7 Å². The molecule has 0 saturated carbocycles. The number of aryl methyl sites for hydroxylation is 1. The van der Waals surface area contributed by atoms with Gasteiger partial charge in [0.05, 0.1) is 24.8 Å². The van der Waals surface area contributed by atoms with Gasteiger partial charge in [-0.2, -0.15) is 0 Å². The van der Waals surface area contributed by atoms with Gasteiger partial charge in [0.2, 0.25) is 11.8 Å². The molecule has 3 aromatic rings. The Balaban J connectivity index is 2.10. The van der Waals surface area contributed by atoms with Crippen LogP contribution in [-0.2, 0) is 26.2 Å². The number of carbonyl (C=O) groups is 2. The molecule has 0 aromatic heterocycles. The van der Waals surface area contributed by atoms with Crippen molar-refractivity contribution in [1.82, 2.24) is 10.2 Å². The van der Waals surface area contributed by atoms with Crippen LogP contribution in [0.15, 0.2) is 65.6 Å². The number of nitrogens with zero attached hydrogens (tertiary/aromatic N) is 2. The topological polar surface area (TPSA) is 105 Å². The lowest BCUT2D eigenvalue weighted by atomic mass is 10.1. The van der Waals surface area contributed by atoms with Crippen LogP contribution in [0.1, 0.15) is 38.3 Å². The van der Waals surface area contributed by atoms with E-state index in [0.717, 1.165) is 9.87 Å². The SMILES string of the molecule is CC[C@H](C(=O)NCC(C)C)N(Cc1ccc(Cl)cc1Cl)C(=O)CN(c1ccc(C)cc1)S(=O)(=O)c1ccc(OC)c(OC)c1. The summed E-state index contributed by atoms with van der Waals surface area (Å²) >= 11 is 12.6. The maximum absolute atomic E-state index is 14.2. The molecule has 0 spiro atoms. The van der Waals surface area contributed by atoms with Gasteiger partial charge in [-0.15, -0.1) is 0 Å². The molecule has 0 aliphatic rings. The number of benzene rings is 3. The van der Waals surface area contributed by atoms with Crippen molar-refractivity contribution in [3.05, 3.63) is 81.8 Å². The molecular weight excluding hydrogens is 625 g/mol. The standard InChI is InChI=1S/C32H39Cl2N3O6S/c1-7-28(32(39)35-18-21(2)3)36(19-23-10-11-24(33)16-27(23)34)31(38)20-37(25-12-8-22(4)9-13-25)44(40,41)26-14-15-29(42-5)30(17-26)43-6/h8-17,21,28H,7,18-20H2,1-6H3,(H,35,39)/t28-/m1/s1. The molecule has 2 amide bonds. The number of methoxy groups -OCH3 is 2. The minimum atomic E-state index is -4.31. The molecule has 0 fully saturated rings. The molecule has 3 rings (SSSR count). The first-order chi connectivity index (χ1) is 20.8. The number of hydrogen-bond donors (Lipinski definition) is 1. The van der Waals surface area contributed by atoms with Gasteiger partial charge in [-0.1, -0.05) is 67.7 Å². The zero-order valence-corrected chi connectivity index (χ0v) is 28.1. The van der Waals surface area contributed by atoms with E-state index in [-0.39, 0.29) is 41.1 Å². The molecule has 1 atom stereocenters. The number of hydrogen-bond acceptors (Lipinski definition) is 6. The maximum Gasteiger partial charge on any atom is 0.264 e. The molecule has 44 heavy (non-hydrogen) atoms. The Morgan fingerprint density at radius 2 is 1.59 bits per heavy atom. The highest BCUT2D eigenvalue weighted by Gasteiger charge is 2.34. The first kappa shape index (κ1) is 35.0. The van der Waals surface area contributed by atoms with E-state index in [4.69, 9.17) is 32.7 Å². The van der Waals surface area contributed by atoms with Crippen molar-refractivity contribution in [2.45, 2.75) is 51.6 Å². The predicted molar refractivity (Wildman–Crippen MR) is 174 cm³/mol. The predicted octanol–water partition coefficient (Wildman–Crippen LogP) is 6.09. The quantitative estimate of drug-likeness (QED) is 0.224. The van der Waals surface area contributed by atoms with E-state index in [1.807, 2.05) is 20.8 Å². The number of sulfonamides is 1. The van der Waals surface area contributed by atoms with Gasteiger partial charge >= 0.3 is 0 Å². The zero-order valence-electron chi connectivity index (χ0n) is 25.8. The molecule has 0 unspecified atom stereocenters. The van der Waals surface area contributed by atoms with Crippen molar-refractivity contribution in [2.24, 2.45) is 5.92 Å². The first-order valence-corrected chi connectivity index (χ1v) is 16.3. The summed E-state index contributed by atoms with van der Waals surface area (Å²) in [5.74, 6) is -0.171. The van der Waals surface area contributed by atoms with Gasteiger partial charge in [0.25, 0.3) is 10.0 Å². The molecule has 0 radical (unpaired) electrons. The van der Waals surface area contributed by atoms with E-state index in [1.165, 1.54) is 37.3 Å². The Morgan fingerprint density at radius 3 is 2.16 bits per heavy atom. The summed E-state index contributed by atoms with van der Waals surface area (Å²) in [6.45, 7) is 7.40. The minimum Gasteiger partial charge on any atom is -0.493 e. The largest absolute Gasteiger partial charge is 0.493 e. The number of ether oxygens (including phenoxy) is 2. The van der Waals surface area contributed by atoms with Crippen LogP contribution in [0.5, 0.6) is 11.5 Å². The summed E-state index contributed by atoms with van der Waals surface area (Å²) in [6, 6.07) is 15.0. The molecule has 9 nitrogen and oxygen atoms in total. The Bertz CT molecular complexity index is 1560. The summed E-state index contributed by atoms with van der Waals surface area (Å²) in [7, 11) is -1.45. The molecule has 12 heteroatoms. The Labute approximate surface area is 270 Å². The Morgan fingerprint density at radius 1 is 0.932 bits per heavy atom.